The summed E-state index contributed by atoms with van der Waals surface area (Å²) in [4.78, 5) is 9.96. The van der Waals surface area contributed by atoms with Crippen molar-refractivity contribution in [2.24, 2.45) is 0 Å². The van der Waals surface area contributed by atoms with Crippen LogP contribution in [0.15, 0.2) is 0 Å². The van der Waals surface area contributed by atoms with Crippen molar-refractivity contribution >= 4 is 18.7 Å². The van der Waals surface area contributed by atoms with Gasteiger partial charge in [0.1, 0.15) is 0 Å². The Morgan fingerprint density at radius 2 is 1.83 bits per heavy atom. The SMILES string of the molecule is O=C(O)NCCCCCC[S-].[V]. The standard InChI is InChI=1S/C7H15NO2S.V/c9-7(10)8-5-3-1-2-4-6-11;/h8,11H,1-6H2,(H,9,10);/p-1. The average molecular weight is 227 g/mol. The molecule has 5 heteroatoms. The van der Waals surface area contributed by atoms with Crippen LogP contribution >= 0.6 is 0 Å². The molecule has 0 bridgehead atoms. The van der Waals surface area contributed by atoms with Crippen LogP contribution in [0, 0.1) is 0 Å². The molecule has 0 aromatic rings. The smallest absolute Gasteiger partial charge is 0.404 e. The van der Waals surface area contributed by atoms with E-state index in [1.54, 1.807) is 0 Å². The summed E-state index contributed by atoms with van der Waals surface area (Å²) >= 11 is 4.76. The van der Waals surface area contributed by atoms with Gasteiger partial charge >= 0.3 is 6.09 Å². The van der Waals surface area contributed by atoms with E-state index in [4.69, 9.17) is 17.7 Å². The summed E-state index contributed by atoms with van der Waals surface area (Å²) in [5.41, 5.74) is 0. The van der Waals surface area contributed by atoms with Gasteiger partial charge in [0.2, 0.25) is 0 Å². The van der Waals surface area contributed by atoms with Crippen molar-refractivity contribution in [3.05, 3.63) is 0 Å². The molecule has 0 rings (SSSR count). The molecule has 0 aliphatic carbocycles. The van der Waals surface area contributed by atoms with Crippen LogP contribution in [-0.4, -0.2) is 23.5 Å². The summed E-state index contributed by atoms with van der Waals surface area (Å²) in [5, 5.41) is 10.5. The van der Waals surface area contributed by atoms with Gasteiger partial charge in [0.25, 0.3) is 0 Å². The average Bonchev–Trinajstić information content (AvgIpc) is 1.96. The van der Waals surface area contributed by atoms with E-state index >= 15 is 0 Å². The van der Waals surface area contributed by atoms with Crippen molar-refractivity contribution in [2.75, 3.05) is 12.3 Å². The predicted molar refractivity (Wildman–Crippen MR) is 46.7 cm³/mol. The van der Waals surface area contributed by atoms with Crippen LogP contribution in [0.3, 0.4) is 0 Å². The third-order valence-corrected chi connectivity index (χ3v) is 1.64. The van der Waals surface area contributed by atoms with E-state index < -0.39 is 6.09 Å². The molecule has 0 aliphatic rings. The van der Waals surface area contributed by atoms with Crippen molar-refractivity contribution in [3.63, 3.8) is 0 Å². The number of nitrogens with one attached hydrogen (secondary N) is 1. The largest absolute Gasteiger partial charge is 0.793 e. The summed E-state index contributed by atoms with van der Waals surface area (Å²) < 4.78 is 0. The Kier molecular flexibility index (Phi) is 13.7. The molecule has 0 aromatic heterocycles. The molecule has 2 N–H and O–H groups in total. The van der Waals surface area contributed by atoms with Crippen molar-refractivity contribution in [3.8, 4) is 0 Å². The minimum Gasteiger partial charge on any atom is -0.793 e. The monoisotopic (exact) mass is 227 g/mol. The Balaban J connectivity index is 0. The summed E-state index contributed by atoms with van der Waals surface area (Å²) in [5.74, 6) is 0.812. The van der Waals surface area contributed by atoms with Gasteiger partial charge in [-0.15, -0.1) is 0 Å². The summed E-state index contributed by atoms with van der Waals surface area (Å²) in [6.07, 6.45) is 3.24. The summed E-state index contributed by atoms with van der Waals surface area (Å²) in [6.45, 7) is 0.562. The Hall–Kier alpha value is 0.204. The van der Waals surface area contributed by atoms with Gasteiger partial charge in [0.05, 0.1) is 0 Å². The Morgan fingerprint density at radius 3 is 2.33 bits per heavy atom. The third-order valence-electron chi connectivity index (χ3n) is 1.35. The van der Waals surface area contributed by atoms with Gasteiger partial charge in [-0.3, -0.25) is 0 Å². The van der Waals surface area contributed by atoms with Crippen LogP contribution in [0.5, 0.6) is 0 Å². The number of unbranched alkanes of at least 4 members (excludes halogenated alkanes) is 3. The van der Waals surface area contributed by atoms with Gasteiger partial charge in [0, 0.05) is 25.1 Å². The first-order valence-corrected chi connectivity index (χ1v) is 4.40. The molecule has 71 valence electrons. The molecule has 0 aliphatic heterocycles. The quantitative estimate of drug-likeness (QED) is 0.532. The molecule has 3 nitrogen and oxygen atoms in total. The van der Waals surface area contributed by atoms with Gasteiger partial charge in [-0.05, 0) is 6.42 Å². The van der Waals surface area contributed by atoms with Gasteiger partial charge in [-0.1, -0.05) is 19.3 Å². The second kappa shape index (κ2) is 11.2. The predicted octanol–water partition coefficient (Wildman–Crippen LogP) is 1.36. The topological polar surface area (TPSA) is 49.3 Å². The van der Waals surface area contributed by atoms with Crippen molar-refractivity contribution in [1.29, 1.82) is 0 Å². The normalized spacial score (nSPS) is 8.75. The molecule has 1 radical (unpaired) electrons. The number of hydrogen-bond acceptors (Lipinski definition) is 2. The number of amides is 1. The maximum atomic E-state index is 9.96. The van der Waals surface area contributed by atoms with Crippen LogP contribution in [0.4, 0.5) is 4.79 Å². The van der Waals surface area contributed by atoms with Crippen molar-refractivity contribution in [2.45, 2.75) is 25.7 Å². The van der Waals surface area contributed by atoms with Gasteiger partial charge in [-0.25, -0.2) is 4.79 Å². The van der Waals surface area contributed by atoms with Crippen LogP contribution in [0.25, 0.3) is 0 Å². The first-order chi connectivity index (χ1) is 5.27. The molecule has 0 spiro atoms. The number of rotatable bonds is 6. The summed E-state index contributed by atoms with van der Waals surface area (Å²) in [7, 11) is 0. The minimum absolute atomic E-state index is 0. The maximum Gasteiger partial charge on any atom is 0.404 e. The van der Waals surface area contributed by atoms with Crippen LogP contribution in [-0.2, 0) is 31.2 Å². The van der Waals surface area contributed by atoms with E-state index in [9.17, 15) is 4.79 Å². The first kappa shape index (κ1) is 14.7. The zero-order valence-corrected chi connectivity index (χ0v) is 9.17. The van der Waals surface area contributed by atoms with Crippen LogP contribution in [0.2, 0.25) is 0 Å². The van der Waals surface area contributed by atoms with E-state index in [1.807, 2.05) is 0 Å². The molecule has 0 aromatic carbocycles. The Labute approximate surface area is 90.6 Å². The Morgan fingerprint density at radius 1 is 1.25 bits per heavy atom. The molecule has 0 heterocycles. The van der Waals surface area contributed by atoms with Crippen molar-refractivity contribution in [1.82, 2.24) is 5.32 Å². The van der Waals surface area contributed by atoms with Gasteiger partial charge in [-0.2, -0.15) is 5.75 Å². The van der Waals surface area contributed by atoms with Gasteiger partial charge in [0.15, 0.2) is 0 Å². The van der Waals surface area contributed by atoms with Gasteiger partial charge < -0.3 is 23.1 Å². The number of carbonyl (C=O) groups is 1. The van der Waals surface area contributed by atoms with Crippen LogP contribution < -0.4 is 5.32 Å². The molecule has 12 heavy (non-hydrogen) atoms. The van der Waals surface area contributed by atoms with E-state index in [0.29, 0.717) is 6.54 Å². The molecule has 0 atom stereocenters. The third kappa shape index (κ3) is 12.8. The molecular formula is C7H14NO2SV-. The fraction of sp³-hybridized carbons (Fsp3) is 0.857. The second-order valence-corrected chi connectivity index (χ2v) is 2.76. The zero-order valence-electron chi connectivity index (χ0n) is 6.95. The first-order valence-electron chi connectivity index (χ1n) is 3.82. The molecule has 0 unspecified atom stereocenters. The zero-order chi connectivity index (χ0) is 8.53. The number of hydrogen-bond donors (Lipinski definition) is 2. The number of carboxylic acid groups (broad SMARTS) is 1. The second-order valence-electron chi connectivity index (χ2n) is 2.35. The fourth-order valence-electron chi connectivity index (χ4n) is 0.776. The van der Waals surface area contributed by atoms with E-state index in [0.717, 1.165) is 31.4 Å². The Bertz CT molecular complexity index is 114. The molecule has 0 fully saturated rings. The fourth-order valence-corrected chi connectivity index (χ4v) is 0.980. The molecular weight excluding hydrogens is 213 g/mol. The summed E-state index contributed by atoms with van der Waals surface area (Å²) in [6, 6.07) is 0. The van der Waals surface area contributed by atoms with E-state index in [1.165, 1.54) is 0 Å². The molecule has 0 saturated heterocycles. The van der Waals surface area contributed by atoms with E-state index in [-0.39, 0.29) is 18.6 Å². The molecule has 1 amide bonds. The minimum atomic E-state index is -0.937. The molecule has 0 saturated carbocycles. The van der Waals surface area contributed by atoms with Crippen LogP contribution in [0.1, 0.15) is 25.7 Å². The van der Waals surface area contributed by atoms with Crippen molar-refractivity contribution < 1.29 is 28.5 Å². The maximum absolute atomic E-state index is 9.96. The van der Waals surface area contributed by atoms with E-state index in [2.05, 4.69) is 5.32 Å².